The van der Waals surface area contributed by atoms with Gasteiger partial charge in [-0.05, 0) is 42.7 Å². The first-order valence-corrected chi connectivity index (χ1v) is 7.81. The zero-order valence-electron chi connectivity index (χ0n) is 11.4. The average molecular weight is 345 g/mol. The van der Waals surface area contributed by atoms with Crippen molar-refractivity contribution in [3.05, 3.63) is 62.6 Å². The fraction of sp³-hybridized carbons (Fsp3) is 0.250. The Morgan fingerprint density at radius 3 is 2.52 bits per heavy atom. The highest BCUT2D eigenvalue weighted by Crippen LogP contribution is 2.31. The molecule has 0 aromatic heterocycles. The molecule has 0 atom stereocenters. The Kier molecular flexibility index (Phi) is 6.19. The van der Waals surface area contributed by atoms with Crippen molar-refractivity contribution in [1.82, 2.24) is 0 Å². The van der Waals surface area contributed by atoms with Crippen LogP contribution in [0.1, 0.15) is 17.5 Å². The van der Waals surface area contributed by atoms with Crippen molar-refractivity contribution in [3.63, 3.8) is 0 Å². The summed E-state index contributed by atoms with van der Waals surface area (Å²) in [5.41, 5.74) is 2.95. The highest BCUT2D eigenvalue weighted by Gasteiger charge is 2.09. The third-order valence-electron chi connectivity index (χ3n) is 3.16. The lowest BCUT2D eigenvalue weighted by atomic mass is 10.1. The summed E-state index contributed by atoms with van der Waals surface area (Å²) in [6, 6.07) is 11.5. The van der Waals surface area contributed by atoms with Crippen LogP contribution in [0.5, 0.6) is 0 Å². The lowest BCUT2D eigenvalue weighted by molar-refractivity contribution is 0.288. The molecule has 5 heteroatoms. The second kappa shape index (κ2) is 7.90. The number of hydrogen-bond acceptors (Lipinski definition) is 2. The van der Waals surface area contributed by atoms with E-state index in [9.17, 15) is 0 Å². The molecule has 0 bridgehead atoms. The van der Waals surface area contributed by atoms with Crippen molar-refractivity contribution >= 4 is 40.5 Å². The molecule has 0 aliphatic carbocycles. The van der Waals surface area contributed by atoms with Crippen LogP contribution in [0.15, 0.2) is 36.4 Å². The maximum Gasteiger partial charge on any atom is 0.0657 e. The van der Waals surface area contributed by atoms with Crippen molar-refractivity contribution < 1.29 is 5.11 Å². The van der Waals surface area contributed by atoms with Gasteiger partial charge in [0, 0.05) is 29.4 Å². The molecule has 2 rings (SSSR count). The Balaban J connectivity index is 2.08. The number of aliphatic hydroxyl groups is 1. The summed E-state index contributed by atoms with van der Waals surface area (Å²) in [5, 5.41) is 13.7. The van der Waals surface area contributed by atoms with Crippen molar-refractivity contribution in [2.75, 3.05) is 11.9 Å². The van der Waals surface area contributed by atoms with Crippen LogP contribution in [-0.4, -0.2) is 11.7 Å². The van der Waals surface area contributed by atoms with E-state index in [2.05, 4.69) is 11.4 Å². The molecule has 0 spiro atoms. The van der Waals surface area contributed by atoms with Crippen LogP contribution in [0.2, 0.25) is 15.1 Å². The van der Waals surface area contributed by atoms with E-state index < -0.39 is 0 Å². The molecule has 2 aromatic carbocycles. The lowest BCUT2D eigenvalue weighted by Crippen LogP contribution is -2.02. The van der Waals surface area contributed by atoms with Gasteiger partial charge in [-0.2, -0.15) is 0 Å². The first-order valence-electron chi connectivity index (χ1n) is 6.68. The number of halogens is 3. The Labute approximate surface area is 139 Å². The van der Waals surface area contributed by atoms with Gasteiger partial charge in [-0.1, -0.05) is 46.9 Å². The third-order valence-corrected chi connectivity index (χ3v) is 4.36. The van der Waals surface area contributed by atoms with E-state index in [1.807, 2.05) is 18.2 Å². The molecule has 2 aromatic rings. The molecule has 0 fully saturated rings. The van der Waals surface area contributed by atoms with Gasteiger partial charge < -0.3 is 10.4 Å². The maximum atomic E-state index is 8.88. The van der Waals surface area contributed by atoms with E-state index in [-0.39, 0.29) is 6.61 Å². The third kappa shape index (κ3) is 4.52. The lowest BCUT2D eigenvalue weighted by Gasteiger charge is -2.12. The molecule has 112 valence electrons. The Hall–Kier alpha value is -0.930. The zero-order chi connectivity index (χ0) is 15.2. The van der Waals surface area contributed by atoms with E-state index in [1.54, 1.807) is 12.1 Å². The second-order valence-electron chi connectivity index (χ2n) is 4.70. The standard InChI is InChI=1S/C16H16Cl3NO/c17-14-6-7-15(18)16(19)13(14)10-20-12-5-1-3-11(9-12)4-2-8-21/h1,3,5-7,9,20-21H,2,4,8,10H2. The molecular weight excluding hydrogens is 329 g/mol. The van der Waals surface area contributed by atoms with Gasteiger partial charge in [-0.15, -0.1) is 0 Å². The number of nitrogens with one attached hydrogen (secondary N) is 1. The molecule has 0 radical (unpaired) electrons. The molecule has 0 amide bonds. The highest BCUT2D eigenvalue weighted by molar-refractivity contribution is 6.44. The fourth-order valence-corrected chi connectivity index (χ4v) is 2.72. The van der Waals surface area contributed by atoms with Crippen molar-refractivity contribution in [1.29, 1.82) is 0 Å². The Bertz CT molecular complexity index is 616. The summed E-state index contributed by atoms with van der Waals surface area (Å²) in [4.78, 5) is 0. The van der Waals surface area contributed by atoms with Crippen LogP contribution < -0.4 is 5.32 Å². The predicted octanol–water partition coefficient (Wildman–Crippen LogP) is 5.18. The summed E-state index contributed by atoms with van der Waals surface area (Å²) in [6.07, 6.45) is 1.61. The molecule has 2 nitrogen and oxygen atoms in total. The Morgan fingerprint density at radius 2 is 1.76 bits per heavy atom. The van der Waals surface area contributed by atoms with E-state index in [0.717, 1.165) is 24.1 Å². The molecular formula is C16H16Cl3NO. The van der Waals surface area contributed by atoms with Gasteiger partial charge in [0.15, 0.2) is 0 Å². The van der Waals surface area contributed by atoms with E-state index in [4.69, 9.17) is 39.9 Å². The number of anilines is 1. The van der Waals surface area contributed by atoms with Gasteiger partial charge in [0.05, 0.1) is 10.0 Å². The maximum absolute atomic E-state index is 8.88. The molecule has 0 saturated carbocycles. The zero-order valence-corrected chi connectivity index (χ0v) is 13.6. The normalized spacial score (nSPS) is 10.7. The van der Waals surface area contributed by atoms with Gasteiger partial charge >= 0.3 is 0 Å². The van der Waals surface area contributed by atoms with Gasteiger partial charge in [0.2, 0.25) is 0 Å². The number of benzene rings is 2. The Morgan fingerprint density at radius 1 is 1.00 bits per heavy atom. The van der Waals surface area contributed by atoms with Crippen LogP contribution in [-0.2, 0) is 13.0 Å². The topological polar surface area (TPSA) is 32.3 Å². The summed E-state index contributed by atoms with van der Waals surface area (Å²) < 4.78 is 0. The molecule has 0 saturated heterocycles. The van der Waals surface area contributed by atoms with Gasteiger partial charge in [-0.3, -0.25) is 0 Å². The summed E-state index contributed by atoms with van der Waals surface area (Å²) in [7, 11) is 0. The number of hydrogen-bond donors (Lipinski definition) is 2. The van der Waals surface area contributed by atoms with Crippen molar-refractivity contribution in [2.24, 2.45) is 0 Å². The van der Waals surface area contributed by atoms with E-state index in [1.165, 1.54) is 5.56 Å². The SMILES string of the molecule is OCCCc1cccc(NCc2c(Cl)ccc(Cl)c2Cl)c1. The first-order chi connectivity index (χ1) is 10.1. The summed E-state index contributed by atoms with van der Waals surface area (Å²) in [6.45, 7) is 0.701. The smallest absolute Gasteiger partial charge is 0.0657 e. The minimum absolute atomic E-state index is 0.200. The molecule has 0 unspecified atom stereocenters. The monoisotopic (exact) mass is 343 g/mol. The molecule has 0 aliphatic heterocycles. The van der Waals surface area contributed by atoms with Gasteiger partial charge in [0.1, 0.15) is 0 Å². The summed E-state index contributed by atoms with van der Waals surface area (Å²) >= 11 is 18.3. The summed E-state index contributed by atoms with van der Waals surface area (Å²) in [5.74, 6) is 0. The number of aryl methyl sites for hydroxylation is 1. The van der Waals surface area contributed by atoms with Crippen molar-refractivity contribution in [2.45, 2.75) is 19.4 Å². The number of aliphatic hydroxyl groups excluding tert-OH is 1. The molecule has 2 N–H and O–H groups in total. The first kappa shape index (κ1) is 16.4. The second-order valence-corrected chi connectivity index (χ2v) is 5.90. The van der Waals surface area contributed by atoms with Crippen LogP contribution in [0.4, 0.5) is 5.69 Å². The van der Waals surface area contributed by atoms with Gasteiger partial charge in [-0.25, -0.2) is 0 Å². The van der Waals surface area contributed by atoms with E-state index >= 15 is 0 Å². The quantitative estimate of drug-likeness (QED) is 0.707. The number of rotatable bonds is 6. The van der Waals surface area contributed by atoms with Crippen LogP contribution in [0.25, 0.3) is 0 Å². The van der Waals surface area contributed by atoms with E-state index in [0.29, 0.717) is 21.6 Å². The fourth-order valence-electron chi connectivity index (χ4n) is 2.04. The minimum Gasteiger partial charge on any atom is -0.396 e. The van der Waals surface area contributed by atoms with Crippen LogP contribution >= 0.6 is 34.8 Å². The van der Waals surface area contributed by atoms with Crippen LogP contribution in [0.3, 0.4) is 0 Å². The molecule has 0 aliphatic rings. The highest BCUT2D eigenvalue weighted by atomic mass is 35.5. The minimum atomic E-state index is 0.200. The van der Waals surface area contributed by atoms with Crippen LogP contribution in [0, 0.1) is 0 Å². The largest absolute Gasteiger partial charge is 0.396 e. The molecule has 0 heterocycles. The molecule has 21 heavy (non-hydrogen) atoms. The van der Waals surface area contributed by atoms with Crippen molar-refractivity contribution in [3.8, 4) is 0 Å². The van der Waals surface area contributed by atoms with Gasteiger partial charge in [0.25, 0.3) is 0 Å². The average Bonchev–Trinajstić information content (AvgIpc) is 2.49. The predicted molar refractivity (Wildman–Crippen MR) is 90.6 cm³/mol.